The molecule has 1 fully saturated rings. The van der Waals surface area contributed by atoms with Crippen LogP contribution in [0.25, 0.3) is 0 Å². The Morgan fingerprint density at radius 2 is 2.08 bits per heavy atom. The summed E-state index contributed by atoms with van der Waals surface area (Å²) < 4.78 is 38.6. The van der Waals surface area contributed by atoms with Gasteiger partial charge in [0.25, 0.3) is 0 Å². The molecule has 1 unspecified atom stereocenters. The smallest absolute Gasteiger partial charge is 0.340 e. The monoisotopic (exact) mass is 385 g/mol. The second kappa shape index (κ2) is 7.75. The number of likely N-dealkylation sites (tertiary alicyclic amines) is 1. The Morgan fingerprint density at radius 1 is 1.27 bits per heavy atom. The van der Waals surface area contributed by atoms with Crippen molar-refractivity contribution in [3.63, 3.8) is 0 Å². The predicted octanol–water partition coefficient (Wildman–Crippen LogP) is 3.64. The molecule has 2 aromatic rings. The van der Waals surface area contributed by atoms with Crippen molar-refractivity contribution in [3.05, 3.63) is 47.0 Å². The first-order valence-electron chi connectivity index (χ1n) is 8.29. The molecule has 3 rings (SSSR count). The molecule has 1 aliphatic rings. The number of pyridine rings is 1. The first-order chi connectivity index (χ1) is 12.3. The second-order valence-electron chi connectivity index (χ2n) is 6.37. The van der Waals surface area contributed by atoms with Crippen molar-refractivity contribution in [1.82, 2.24) is 19.9 Å². The molecular weight excluding hydrogens is 367 g/mol. The highest BCUT2D eigenvalue weighted by Crippen LogP contribution is 2.29. The summed E-state index contributed by atoms with van der Waals surface area (Å²) in [5, 5.41) is 0.451. The third-order valence-corrected chi connectivity index (χ3v) is 4.70. The standard InChI is InChI=1S/C17H19ClF3N5/c1-25(16-22-7-6-14(24-16)17(19,20)21)13-3-2-8-26(11-13)10-12-4-5-15(18)23-9-12/h4-7,9,13H,2-3,8,10-11H2,1H3. The van der Waals surface area contributed by atoms with Crippen molar-refractivity contribution in [3.8, 4) is 0 Å². The van der Waals surface area contributed by atoms with Crippen LogP contribution in [-0.2, 0) is 12.7 Å². The van der Waals surface area contributed by atoms with Gasteiger partial charge in [0, 0.05) is 38.6 Å². The molecule has 26 heavy (non-hydrogen) atoms. The number of nitrogens with zero attached hydrogens (tertiary/aromatic N) is 5. The lowest BCUT2D eigenvalue weighted by atomic mass is 10.0. The van der Waals surface area contributed by atoms with E-state index >= 15 is 0 Å². The van der Waals surface area contributed by atoms with E-state index in [-0.39, 0.29) is 12.0 Å². The van der Waals surface area contributed by atoms with Gasteiger partial charge in [0.1, 0.15) is 10.8 Å². The molecule has 3 heterocycles. The van der Waals surface area contributed by atoms with Gasteiger partial charge in [-0.25, -0.2) is 15.0 Å². The van der Waals surface area contributed by atoms with Crippen LogP contribution in [0, 0.1) is 0 Å². The fraction of sp³-hybridized carbons (Fsp3) is 0.471. The van der Waals surface area contributed by atoms with E-state index in [1.54, 1.807) is 24.2 Å². The number of anilines is 1. The van der Waals surface area contributed by atoms with Gasteiger partial charge < -0.3 is 4.90 Å². The topological polar surface area (TPSA) is 45.2 Å². The van der Waals surface area contributed by atoms with Gasteiger partial charge in [0.05, 0.1) is 0 Å². The Hall–Kier alpha value is -1.93. The number of alkyl halides is 3. The van der Waals surface area contributed by atoms with Crippen molar-refractivity contribution in [1.29, 1.82) is 0 Å². The summed E-state index contributed by atoms with van der Waals surface area (Å²) in [6.07, 6.45) is 0.256. The molecule has 140 valence electrons. The van der Waals surface area contributed by atoms with Gasteiger partial charge in [-0.3, -0.25) is 4.90 Å². The van der Waals surface area contributed by atoms with E-state index in [0.717, 1.165) is 50.3 Å². The minimum atomic E-state index is -4.47. The molecule has 0 saturated carbocycles. The lowest BCUT2D eigenvalue weighted by molar-refractivity contribution is -0.141. The highest BCUT2D eigenvalue weighted by molar-refractivity contribution is 6.29. The van der Waals surface area contributed by atoms with E-state index in [1.807, 2.05) is 6.07 Å². The Bertz CT molecular complexity index is 738. The van der Waals surface area contributed by atoms with Gasteiger partial charge in [-0.15, -0.1) is 0 Å². The average Bonchev–Trinajstić information content (AvgIpc) is 2.63. The summed E-state index contributed by atoms with van der Waals surface area (Å²) in [4.78, 5) is 15.8. The van der Waals surface area contributed by atoms with Crippen molar-refractivity contribution in [2.75, 3.05) is 25.0 Å². The van der Waals surface area contributed by atoms with Crippen molar-refractivity contribution in [2.45, 2.75) is 31.6 Å². The van der Waals surface area contributed by atoms with E-state index in [2.05, 4.69) is 19.9 Å². The summed E-state index contributed by atoms with van der Waals surface area (Å²) in [6, 6.07) is 4.62. The Morgan fingerprint density at radius 3 is 2.77 bits per heavy atom. The quantitative estimate of drug-likeness (QED) is 0.752. The minimum Gasteiger partial charge on any atom is -0.340 e. The van der Waals surface area contributed by atoms with Crippen LogP contribution in [0.3, 0.4) is 0 Å². The van der Waals surface area contributed by atoms with Crippen LogP contribution in [0.15, 0.2) is 30.6 Å². The van der Waals surface area contributed by atoms with Crippen molar-refractivity contribution < 1.29 is 13.2 Å². The molecule has 1 atom stereocenters. The normalized spacial score (nSPS) is 18.7. The Labute approximate surface area is 154 Å². The van der Waals surface area contributed by atoms with Gasteiger partial charge in [-0.1, -0.05) is 17.7 Å². The summed E-state index contributed by atoms with van der Waals surface area (Å²) >= 11 is 5.81. The van der Waals surface area contributed by atoms with Crippen LogP contribution >= 0.6 is 11.6 Å². The molecule has 5 nitrogen and oxygen atoms in total. The number of hydrogen-bond acceptors (Lipinski definition) is 5. The number of piperidine rings is 1. The third kappa shape index (κ3) is 4.62. The first-order valence-corrected chi connectivity index (χ1v) is 8.66. The molecule has 0 bridgehead atoms. The van der Waals surface area contributed by atoms with Crippen LogP contribution in [0.5, 0.6) is 0 Å². The summed E-state index contributed by atoms with van der Waals surface area (Å²) in [5.74, 6) is 0.0971. The van der Waals surface area contributed by atoms with Crippen LogP contribution in [-0.4, -0.2) is 46.0 Å². The number of hydrogen-bond donors (Lipinski definition) is 0. The zero-order chi connectivity index (χ0) is 18.7. The maximum absolute atomic E-state index is 12.9. The van der Waals surface area contributed by atoms with Crippen molar-refractivity contribution in [2.24, 2.45) is 0 Å². The maximum Gasteiger partial charge on any atom is 0.433 e. The van der Waals surface area contributed by atoms with E-state index in [4.69, 9.17) is 11.6 Å². The molecule has 0 aliphatic carbocycles. The molecule has 2 aromatic heterocycles. The third-order valence-electron chi connectivity index (χ3n) is 4.47. The van der Waals surface area contributed by atoms with Gasteiger partial charge in [0.2, 0.25) is 5.95 Å². The fourth-order valence-corrected chi connectivity index (χ4v) is 3.20. The largest absolute Gasteiger partial charge is 0.433 e. The molecule has 9 heteroatoms. The first kappa shape index (κ1) is 18.8. The number of rotatable bonds is 4. The molecule has 0 amide bonds. The average molecular weight is 386 g/mol. The fourth-order valence-electron chi connectivity index (χ4n) is 3.09. The molecule has 0 radical (unpaired) electrons. The van der Waals surface area contributed by atoms with E-state index in [1.165, 1.54) is 0 Å². The van der Waals surface area contributed by atoms with E-state index < -0.39 is 11.9 Å². The molecule has 1 aliphatic heterocycles. The molecule has 0 N–H and O–H groups in total. The molecular formula is C17H19ClF3N5. The van der Waals surface area contributed by atoms with Gasteiger partial charge in [-0.2, -0.15) is 13.2 Å². The zero-order valence-corrected chi connectivity index (χ0v) is 15.0. The highest BCUT2D eigenvalue weighted by atomic mass is 35.5. The zero-order valence-electron chi connectivity index (χ0n) is 14.2. The molecule has 1 saturated heterocycles. The number of halogens is 4. The minimum absolute atomic E-state index is 0.0486. The SMILES string of the molecule is CN(c1nccc(C(F)(F)F)n1)C1CCCN(Cc2ccc(Cl)nc2)C1. The van der Waals surface area contributed by atoms with Crippen LogP contribution < -0.4 is 4.90 Å². The molecule has 0 spiro atoms. The summed E-state index contributed by atoms with van der Waals surface area (Å²) in [5.41, 5.74) is 0.127. The highest BCUT2D eigenvalue weighted by Gasteiger charge is 2.34. The molecule has 0 aromatic carbocycles. The van der Waals surface area contributed by atoms with Crippen LogP contribution in [0.1, 0.15) is 24.1 Å². The second-order valence-corrected chi connectivity index (χ2v) is 6.76. The van der Waals surface area contributed by atoms with Crippen LogP contribution in [0.2, 0.25) is 5.15 Å². The van der Waals surface area contributed by atoms with Crippen molar-refractivity contribution >= 4 is 17.5 Å². The summed E-state index contributed by atoms with van der Waals surface area (Å²) in [6.45, 7) is 2.37. The maximum atomic E-state index is 12.9. The Kier molecular flexibility index (Phi) is 5.62. The van der Waals surface area contributed by atoms with Gasteiger partial charge in [-0.05, 0) is 37.1 Å². The van der Waals surface area contributed by atoms with Crippen LogP contribution in [0.4, 0.5) is 19.1 Å². The number of aromatic nitrogens is 3. The Balaban J connectivity index is 1.68. The predicted molar refractivity (Wildman–Crippen MR) is 93.0 cm³/mol. The van der Waals surface area contributed by atoms with E-state index in [0.29, 0.717) is 5.15 Å². The summed E-state index contributed by atoms with van der Waals surface area (Å²) in [7, 11) is 1.74. The van der Waals surface area contributed by atoms with Gasteiger partial charge in [0.15, 0.2) is 0 Å². The van der Waals surface area contributed by atoms with Gasteiger partial charge >= 0.3 is 6.18 Å². The lowest BCUT2D eigenvalue weighted by Crippen LogP contribution is -2.46. The number of likely N-dealkylation sites (N-methyl/N-ethyl adjacent to an activating group) is 1. The van der Waals surface area contributed by atoms with E-state index in [9.17, 15) is 13.2 Å². The lowest BCUT2D eigenvalue weighted by Gasteiger charge is -2.37.